The Morgan fingerprint density at radius 3 is 2.70 bits per heavy atom. The van der Waals surface area contributed by atoms with Crippen molar-refractivity contribution in [2.45, 2.75) is 13.8 Å². The minimum absolute atomic E-state index is 0.730. The Balaban J connectivity index is 2.09. The monoisotopic (exact) mass is 263 g/mol. The van der Waals surface area contributed by atoms with E-state index in [0.29, 0.717) is 0 Å². The average Bonchev–Trinajstić information content (AvgIpc) is 2.44. The maximum atomic E-state index is 5.81. The molecule has 0 saturated carbocycles. The highest BCUT2D eigenvalue weighted by Gasteiger charge is 2.05. The van der Waals surface area contributed by atoms with Gasteiger partial charge in [-0.05, 0) is 55.3 Å². The van der Waals surface area contributed by atoms with Gasteiger partial charge < -0.3 is 11.1 Å². The Bertz CT molecular complexity index is 778. The number of hydrogen-bond donors (Lipinski definition) is 2. The highest BCUT2D eigenvalue weighted by Crippen LogP contribution is 2.28. The summed E-state index contributed by atoms with van der Waals surface area (Å²) in [6, 6.07) is 14.1. The third-order valence-corrected chi connectivity index (χ3v) is 3.64. The lowest BCUT2D eigenvalue weighted by molar-refractivity contribution is 1.33. The van der Waals surface area contributed by atoms with Crippen LogP contribution in [0.1, 0.15) is 11.1 Å². The number of aromatic nitrogens is 1. The Morgan fingerprint density at radius 2 is 1.85 bits per heavy atom. The van der Waals surface area contributed by atoms with E-state index in [-0.39, 0.29) is 0 Å². The molecule has 0 unspecified atom stereocenters. The molecule has 0 atom stereocenters. The fourth-order valence-electron chi connectivity index (χ4n) is 2.31. The van der Waals surface area contributed by atoms with Crippen molar-refractivity contribution in [2.24, 2.45) is 0 Å². The van der Waals surface area contributed by atoms with Gasteiger partial charge in [0, 0.05) is 28.6 Å². The number of nitrogen functional groups attached to an aromatic ring is 1. The van der Waals surface area contributed by atoms with Crippen LogP contribution >= 0.6 is 0 Å². The zero-order valence-electron chi connectivity index (χ0n) is 11.6. The van der Waals surface area contributed by atoms with Gasteiger partial charge in [0.25, 0.3) is 0 Å². The molecule has 2 aromatic carbocycles. The summed E-state index contributed by atoms with van der Waals surface area (Å²) >= 11 is 0. The maximum absolute atomic E-state index is 5.81. The van der Waals surface area contributed by atoms with Gasteiger partial charge in [0.15, 0.2) is 0 Å². The molecule has 1 aromatic heterocycles. The molecule has 20 heavy (non-hydrogen) atoms. The van der Waals surface area contributed by atoms with Gasteiger partial charge in [0.2, 0.25) is 0 Å². The Morgan fingerprint density at radius 1 is 1.00 bits per heavy atom. The number of nitrogens with two attached hydrogens (primary N) is 1. The second-order valence-electron chi connectivity index (χ2n) is 5.01. The molecule has 3 aromatic rings. The fourth-order valence-corrected chi connectivity index (χ4v) is 2.31. The summed E-state index contributed by atoms with van der Waals surface area (Å²) in [5.41, 5.74) is 12.1. The van der Waals surface area contributed by atoms with E-state index in [1.54, 1.807) is 6.20 Å². The second-order valence-corrected chi connectivity index (χ2v) is 5.01. The summed E-state index contributed by atoms with van der Waals surface area (Å²) in [6.07, 6.45) is 1.80. The molecule has 0 spiro atoms. The number of aryl methyl sites for hydroxylation is 1. The topological polar surface area (TPSA) is 50.9 Å². The fraction of sp³-hybridized carbons (Fsp3) is 0.118. The molecule has 3 rings (SSSR count). The molecule has 0 aliphatic rings. The van der Waals surface area contributed by atoms with Crippen LogP contribution in [0, 0.1) is 13.8 Å². The molecule has 100 valence electrons. The predicted octanol–water partition coefficient (Wildman–Crippen LogP) is 4.18. The van der Waals surface area contributed by atoms with Crippen molar-refractivity contribution in [3.8, 4) is 0 Å². The van der Waals surface area contributed by atoms with Gasteiger partial charge in [0.1, 0.15) is 0 Å². The largest absolute Gasteiger partial charge is 0.399 e. The minimum Gasteiger partial charge on any atom is -0.399 e. The lowest BCUT2D eigenvalue weighted by Crippen LogP contribution is -1.96. The third kappa shape index (κ3) is 2.18. The van der Waals surface area contributed by atoms with E-state index in [1.165, 1.54) is 11.1 Å². The molecule has 0 radical (unpaired) electrons. The van der Waals surface area contributed by atoms with Crippen LogP contribution in [0.4, 0.5) is 17.1 Å². The number of fused-ring (bicyclic) bond motifs is 1. The van der Waals surface area contributed by atoms with Gasteiger partial charge >= 0.3 is 0 Å². The molecule has 0 fully saturated rings. The Kier molecular flexibility index (Phi) is 3.03. The first-order valence-electron chi connectivity index (χ1n) is 6.62. The molecular weight excluding hydrogens is 246 g/mol. The molecule has 3 N–H and O–H groups in total. The number of benzene rings is 2. The minimum atomic E-state index is 0.730. The molecule has 3 heteroatoms. The zero-order chi connectivity index (χ0) is 14.1. The lowest BCUT2D eigenvalue weighted by Gasteiger charge is -2.13. The number of hydrogen-bond acceptors (Lipinski definition) is 3. The van der Waals surface area contributed by atoms with Gasteiger partial charge in [0.05, 0.1) is 5.52 Å². The highest BCUT2D eigenvalue weighted by molar-refractivity contribution is 5.94. The second kappa shape index (κ2) is 4.85. The van der Waals surface area contributed by atoms with Crippen LogP contribution < -0.4 is 11.1 Å². The van der Waals surface area contributed by atoms with E-state index in [2.05, 4.69) is 42.3 Å². The lowest BCUT2D eigenvalue weighted by atomic mass is 10.1. The number of nitrogens with one attached hydrogen (secondary N) is 1. The average molecular weight is 263 g/mol. The molecule has 0 bridgehead atoms. The zero-order valence-corrected chi connectivity index (χ0v) is 11.6. The van der Waals surface area contributed by atoms with Crippen molar-refractivity contribution in [3.05, 3.63) is 59.8 Å². The van der Waals surface area contributed by atoms with E-state index < -0.39 is 0 Å². The third-order valence-electron chi connectivity index (χ3n) is 3.64. The van der Waals surface area contributed by atoms with Crippen LogP contribution in [0.5, 0.6) is 0 Å². The van der Waals surface area contributed by atoms with Gasteiger partial charge in [-0.2, -0.15) is 0 Å². The first-order chi connectivity index (χ1) is 9.65. The van der Waals surface area contributed by atoms with Crippen LogP contribution in [-0.4, -0.2) is 4.98 Å². The van der Waals surface area contributed by atoms with Gasteiger partial charge in [-0.1, -0.05) is 12.1 Å². The van der Waals surface area contributed by atoms with E-state index in [4.69, 9.17) is 5.73 Å². The number of pyridine rings is 1. The Labute approximate surface area is 118 Å². The predicted molar refractivity (Wildman–Crippen MR) is 85.4 cm³/mol. The highest BCUT2D eigenvalue weighted by atomic mass is 14.9. The number of anilines is 3. The SMILES string of the molecule is Cc1cccc(Nc2ccnc3cc(N)ccc23)c1C. The first-order valence-corrected chi connectivity index (χ1v) is 6.62. The van der Waals surface area contributed by atoms with Gasteiger partial charge in [-0.3, -0.25) is 4.98 Å². The summed E-state index contributed by atoms with van der Waals surface area (Å²) in [6.45, 7) is 4.24. The molecule has 0 saturated heterocycles. The van der Waals surface area contributed by atoms with E-state index in [0.717, 1.165) is 28.0 Å². The van der Waals surface area contributed by atoms with Gasteiger partial charge in [-0.25, -0.2) is 0 Å². The van der Waals surface area contributed by atoms with Crippen molar-refractivity contribution >= 4 is 28.0 Å². The van der Waals surface area contributed by atoms with E-state index in [9.17, 15) is 0 Å². The van der Waals surface area contributed by atoms with E-state index in [1.807, 2.05) is 24.3 Å². The standard InChI is InChI=1S/C17H17N3/c1-11-4-3-5-15(12(11)2)20-16-8-9-19-17-10-13(18)6-7-14(16)17/h3-10H,18H2,1-2H3,(H,19,20). The molecule has 0 aliphatic carbocycles. The van der Waals surface area contributed by atoms with Crippen LogP contribution in [0.25, 0.3) is 10.9 Å². The van der Waals surface area contributed by atoms with Crippen LogP contribution in [0.15, 0.2) is 48.7 Å². The molecule has 3 nitrogen and oxygen atoms in total. The van der Waals surface area contributed by atoms with Crippen LogP contribution in [0.2, 0.25) is 0 Å². The molecule has 1 heterocycles. The summed E-state index contributed by atoms with van der Waals surface area (Å²) in [4.78, 5) is 4.36. The summed E-state index contributed by atoms with van der Waals surface area (Å²) in [5.74, 6) is 0. The molecular formula is C17H17N3. The summed E-state index contributed by atoms with van der Waals surface area (Å²) in [7, 11) is 0. The van der Waals surface area contributed by atoms with Crippen molar-refractivity contribution in [2.75, 3.05) is 11.1 Å². The quantitative estimate of drug-likeness (QED) is 0.682. The van der Waals surface area contributed by atoms with Crippen molar-refractivity contribution in [1.29, 1.82) is 0 Å². The number of nitrogens with zero attached hydrogens (tertiary/aromatic N) is 1. The maximum Gasteiger partial charge on any atom is 0.0743 e. The number of rotatable bonds is 2. The van der Waals surface area contributed by atoms with Crippen LogP contribution in [-0.2, 0) is 0 Å². The summed E-state index contributed by atoms with van der Waals surface area (Å²) < 4.78 is 0. The summed E-state index contributed by atoms with van der Waals surface area (Å²) in [5, 5.41) is 4.57. The normalized spacial score (nSPS) is 10.7. The first kappa shape index (κ1) is 12.5. The van der Waals surface area contributed by atoms with Crippen molar-refractivity contribution in [3.63, 3.8) is 0 Å². The van der Waals surface area contributed by atoms with Gasteiger partial charge in [-0.15, -0.1) is 0 Å². The van der Waals surface area contributed by atoms with Crippen molar-refractivity contribution in [1.82, 2.24) is 4.98 Å². The smallest absolute Gasteiger partial charge is 0.0743 e. The van der Waals surface area contributed by atoms with Crippen molar-refractivity contribution < 1.29 is 0 Å². The molecule has 0 aliphatic heterocycles. The Hall–Kier alpha value is -2.55. The van der Waals surface area contributed by atoms with E-state index >= 15 is 0 Å². The van der Waals surface area contributed by atoms with Crippen LogP contribution in [0.3, 0.4) is 0 Å². The molecule has 0 amide bonds.